The molecule has 1 atom stereocenters. The Morgan fingerprint density at radius 2 is 1.79 bits per heavy atom. The van der Waals surface area contributed by atoms with E-state index in [4.69, 9.17) is 4.74 Å². The van der Waals surface area contributed by atoms with Crippen molar-refractivity contribution in [1.29, 1.82) is 0 Å². The molecule has 2 fully saturated rings. The lowest BCUT2D eigenvalue weighted by Gasteiger charge is -2.36. The van der Waals surface area contributed by atoms with Crippen LogP contribution in [0.2, 0.25) is 0 Å². The molecule has 0 unspecified atom stereocenters. The number of nitrogens with zero attached hydrogens (tertiary/aromatic N) is 2. The number of amides is 2. The van der Waals surface area contributed by atoms with Crippen molar-refractivity contribution >= 4 is 29.9 Å². The summed E-state index contributed by atoms with van der Waals surface area (Å²) in [5, 5.41) is 6.42. The van der Waals surface area contributed by atoms with E-state index in [9.17, 15) is 9.59 Å². The summed E-state index contributed by atoms with van der Waals surface area (Å²) in [6.07, 6.45) is 1.84. The summed E-state index contributed by atoms with van der Waals surface area (Å²) < 4.78 is 6.22. The van der Waals surface area contributed by atoms with Crippen molar-refractivity contribution in [1.82, 2.24) is 15.5 Å². The smallest absolute Gasteiger partial charge is 0.266 e. The van der Waals surface area contributed by atoms with Crippen LogP contribution in [0.5, 0.6) is 5.75 Å². The number of nitrogens with one attached hydrogen (secondary N) is 2. The third kappa shape index (κ3) is 7.64. The molecule has 2 aliphatic rings. The third-order valence-corrected chi connectivity index (χ3v) is 7.38. The maximum atomic E-state index is 13.1. The number of rotatable bonds is 8. The highest BCUT2D eigenvalue weighted by Crippen LogP contribution is 2.29. The minimum atomic E-state index is -0.951. The van der Waals surface area contributed by atoms with Crippen molar-refractivity contribution in [3.05, 3.63) is 59.7 Å². The first-order valence-electron chi connectivity index (χ1n) is 13.6. The highest BCUT2D eigenvalue weighted by molar-refractivity contribution is 5.85. The molecule has 7 nitrogen and oxygen atoms in total. The van der Waals surface area contributed by atoms with Gasteiger partial charge in [0.15, 0.2) is 5.60 Å². The van der Waals surface area contributed by atoms with Gasteiger partial charge >= 0.3 is 0 Å². The Kier molecular flexibility index (Phi) is 10.5. The van der Waals surface area contributed by atoms with Gasteiger partial charge in [-0.3, -0.25) is 9.59 Å². The predicted octanol–water partition coefficient (Wildman–Crippen LogP) is 4.35. The average Bonchev–Trinajstić information content (AvgIpc) is 2.92. The lowest BCUT2D eigenvalue weighted by atomic mass is 9.96. The molecule has 0 aliphatic carbocycles. The van der Waals surface area contributed by atoms with Crippen molar-refractivity contribution in [2.75, 3.05) is 44.2 Å². The van der Waals surface area contributed by atoms with Gasteiger partial charge in [-0.15, -0.1) is 12.4 Å². The van der Waals surface area contributed by atoms with Gasteiger partial charge in [0.05, 0.1) is 5.92 Å². The molecule has 2 amide bonds. The number of anilines is 1. The molecule has 0 spiro atoms. The Hall–Kier alpha value is -2.77. The van der Waals surface area contributed by atoms with Crippen molar-refractivity contribution < 1.29 is 14.3 Å². The van der Waals surface area contributed by atoms with Crippen LogP contribution in [0.25, 0.3) is 0 Å². The van der Waals surface area contributed by atoms with Crippen LogP contribution in [0.15, 0.2) is 48.5 Å². The zero-order valence-corrected chi connectivity index (χ0v) is 24.0. The van der Waals surface area contributed by atoms with Crippen LogP contribution in [0.1, 0.15) is 57.6 Å². The quantitative estimate of drug-likeness (QED) is 0.519. The summed E-state index contributed by atoms with van der Waals surface area (Å²) in [4.78, 5) is 30.2. The van der Waals surface area contributed by atoms with Gasteiger partial charge in [-0.05, 0) is 55.9 Å². The molecule has 8 heteroatoms. The molecular formula is C30H43ClN4O3. The maximum Gasteiger partial charge on any atom is 0.266 e. The molecule has 2 aliphatic heterocycles. The van der Waals surface area contributed by atoms with Crippen molar-refractivity contribution in [3.63, 3.8) is 0 Å². The van der Waals surface area contributed by atoms with Gasteiger partial charge in [-0.2, -0.15) is 0 Å². The van der Waals surface area contributed by atoms with Crippen LogP contribution < -0.4 is 20.3 Å². The van der Waals surface area contributed by atoms with Crippen molar-refractivity contribution in [3.8, 4) is 5.75 Å². The van der Waals surface area contributed by atoms with E-state index in [2.05, 4.69) is 59.7 Å². The molecule has 2 heterocycles. The van der Waals surface area contributed by atoms with Gasteiger partial charge in [0.25, 0.3) is 5.91 Å². The highest BCUT2D eigenvalue weighted by atomic mass is 35.5. The van der Waals surface area contributed by atoms with Gasteiger partial charge in [-0.1, -0.05) is 44.2 Å². The number of piperazine rings is 1. The fourth-order valence-corrected chi connectivity index (χ4v) is 5.11. The van der Waals surface area contributed by atoms with E-state index >= 15 is 0 Å². The number of benzene rings is 2. The second-order valence-corrected chi connectivity index (χ2v) is 11.1. The van der Waals surface area contributed by atoms with E-state index in [0.29, 0.717) is 37.8 Å². The van der Waals surface area contributed by atoms with E-state index in [0.717, 1.165) is 43.7 Å². The minimum absolute atomic E-state index is 0. The maximum absolute atomic E-state index is 13.1. The SMILES string of the molecule is CC(C)c1ccc(CNC(=O)[C@H]2CCCN(c3cccc(OC(C)(C)C(=O)N4CCNCC4)c3)C2)cc1.Cl. The van der Waals surface area contributed by atoms with Gasteiger partial charge in [0.1, 0.15) is 5.75 Å². The Labute approximate surface area is 233 Å². The Morgan fingerprint density at radius 1 is 1.08 bits per heavy atom. The van der Waals surface area contributed by atoms with E-state index in [1.54, 1.807) is 0 Å². The standard InChI is InChI=1S/C30H42N4O3.ClH/c1-22(2)24-12-10-23(11-13-24)20-32-28(35)25-7-6-16-34(21-25)26-8-5-9-27(19-26)37-30(3,4)29(36)33-17-14-31-15-18-33;/h5,8-13,19,22,25,31H,6-7,14-18,20-21H2,1-4H3,(H,32,35);1H/t25-;/m0./s1. The van der Waals surface area contributed by atoms with Crippen LogP contribution in [0.4, 0.5) is 5.69 Å². The largest absolute Gasteiger partial charge is 0.478 e. The topological polar surface area (TPSA) is 73.9 Å². The monoisotopic (exact) mass is 542 g/mol. The number of carbonyl (C=O) groups is 2. The Balaban J connectivity index is 0.00000400. The number of carbonyl (C=O) groups excluding carboxylic acids is 2. The Morgan fingerprint density at radius 3 is 2.47 bits per heavy atom. The molecule has 2 N–H and O–H groups in total. The fourth-order valence-electron chi connectivity index (χ4n) is 5.11. The normalized spacial score (nSPS) is 18.1. The number of piperidine rings is 1. The molecule has 2 saturated heterocycles. The number of ether oxygens (including phenoxy) is 1. The van der Waals surface area contributed by atoms with Crippen LogP contribution in [0, 0.1) is 5.92 Å². The third-order valence-electron chi connectivity index (χ3n) is 7.38. The molecule has 208 valence electrons. The average molecular weight is 543 g/mol. The number of hydrogen-bond donors (Lipinski definition) is 2. The van der Waals surface area contributed by atoms with Crippen LogP contribution in [-0.4, -0.2) is 61.6 Å². The van der Waals surface area contributed by atoms with Gasteiger partial charge < -0.3 is 25.2 Å². The molecule has 2 aromatic carbocycles. The highest BCUT2D eigenvalue weighted by Gasteiger charge is 2.35. The lowest BCUT2D eigenvalue weighted by Crippen LogP contribution is -2.54. The van der Waals surface area contributed by atoms with Crippen LogP contribution in [0.3, 0.4) is 0 Å². The van der Waals surface area contributed by atoms with Gasteiger partial charge in [0.2, 0.25) is 5.91 Å². The molecule has 0 saturated carbocycles. The second-order valence-electron chi connectivity index (χ2n) is 11.1. The first-order chi connectivity index (χ1) is 17.7. The fraction of sp³-hybridized carbons (Fsp3) is 0.533. The summed E-state index contributed by atoms with van der Waals surface area (Å²) in [5.74, 6) is 1.22. The zero-order chi connectivity index (χ0) is 26.4. The number of halogens is 1. The second kappa shape index (κ2) is 13.3. The van der Waals surface area contributed by atoms with Gasteiger partial charge in [0, 0.05) is 57.6 Å². The zero-order valence-electron chi connectivity index (χ0n) is 23.2. The molecule has 38 heavy (non-hydrogen) atoms. The Bertz CT molecular complexity index is 1070. The van der Waals surface area contributed by atoms with E-state index in [1.807, 2.05) is 36.9 Å². The molecular weight excluding hydrogens is 500 g/mol. The molecule has 0 radical (unpaired) electrons. The summed E-state index contributed by atoms with van der Waals surface area (Å²) in [6.45, 7) is 13.2. The molecule has 0 bridgehead atoms. The number of hydrogen-bond acceptors (Lipinski definition) is 5. The summed E-state index contributed by atoms with van der Waals surface area (Å²) >= 11 is 0. The van der Waals surface area contributed by atoms with E-state index < -0.39 is 5.60 Å². The first kappa shape index (κ1) is 29.8. The first-order valence-corrected chi connectivity index (χ1v) is 13.6. The summed E-state index contributed by atoms with van der Waals surface area (Å²) in [5.41, 5.74) is 2.49. The summed E-state index contributed by atoms with van der Waals surface area (Å²) in [6, 6.07) is 16.4. The van der Waals surface area contributed by atoms with Crippen molar-refractivity contribution in [2.24, 2.45) is 5.92 Å². The molecule has 2 aromatic rings. The van der Waals surface area contributed by atoms with E-state index in [1.165, 1.54) is 5.56 Å². The van der Waals surface area contributed by atoms with E-state index in [-0.39, 0.29) is 30.1 Å². The van der Waals surface area contributed by atoms with Crippen LogP contribution in [-0.2, 0) is 16.1 Å². The molecule has 4 rings (SSSR count). The minimum Gasteiger partial charge on any atom is -0.478 e. The summed E-state index contributed by atoms with van der Waals surface area (Å²) in [7, 11) is 0. The molecule has 0 aromatic heterocycles. The van der Waals surface area contributed by atoms with Gasteiger partial charge in [-0.25, -0.2) is 0 Å². The predicted molar refractivity (Wildman–Crippen MR) is 155 cm³/mol. The van der Waals surface area contributed by atoms with Crippen molar-refractivity contribution in [2.45, 2.75) is 58.6 Å². The lowest BCUT2D eigenvalue weighted by molar-refractivity contribution is -0.146. The van der Waals surface area contributed by atoms with Crippen LogP contribution >= 0.6 is 12.4 Å².